The number of aromatic hydroxyl groups is 1. The summed E-state index contributed by atoms with van der Waals surface area (Å²) in [5.41, 5.74) is 0.862. The quantitative estimate of drug-likeness (QED) is 0.490. The van der Waals surface area contributed by atoms with Gasteiger partial charge in [0.2, 0.25) is 0 Å². The second-order valence-electron chi connectivity index (χ2n) is 5.85. The zero-order chi connectivity index (χ0) is 19.0. The van der Waals surface area contributed by atoms with E-state index in [1.54, 1.807) is 30.3 Å². The van der Waals surface area contributed by atoms with Crippen LogP contribution in [0.5, 0.6) is 11.5 Å². The molecular weight excluding hydrogens is 358 g/mol. The smallest absolute Gasteiger partial charge is 0.295 e. The Morgan fingerprint density at radius 3 is 2.42 bits per heavy atom. The molecule has 1 aliphatic rings. The molecule has 0 aromatic heterocycles. The van der Waals surface area contributed by atoms with E-state index >= 15 is 0 Å². The van der Waals surface area contributed by atoms with Crippen LogP contribution in [0.4, 0.5) is 0 Å². The summed E-state index contributed by atoms with van der Waals surface area (Å²) in [6, 6.07) is 9.99. The second-order valence-corrected chi connectivity index (χ2v) is 6.28. The highest BCUT2D eigenvalue weighted by molar-refractivity contribution is 6.46. The van der Waals surface area contributed by atoms with Crippen LogP contribution in [-0.2, 0) is 9.59 Å². The van der Waals surface area contributed by atoms with Crippen molar-refractivity contribution in [3.05, 3.63) is 64.2 Å². The van der Waals surface area contributed by atoms with E-state index in [4.69, 9.17) is 16.3 Å². The number of likely N-dealkylation sites (N-methyl/N-ethyl adjacent to an activating group) is 1. The van der Waals surface area contributed by atoms with Crippen molar-refractivity contribution in [3.63, 3.8) is 0 Å². The Labute approximate surface area is 154 Å². The van der Waals surface area contributed by atoms with Crippen molar-refractivity contribution >= 4 is 29.1 Å². The number of ketones is 1. The fourth-order valence-electron chi connectivity index (χ4n) is 2.97. The van der Waals surface area contributed by atoms with Gasteiger partial charge in [0.25, 0.3) is 11.7 Å². The van der Waals surface area contributed by atoms with Crippen LogP contribution in [0.3, 0.4) is 0 Å². The summed E-state index contributed by atoms with van der Waals surface area (Å²) in [6.07, 6.45) is 0. The van der Waals surface area contributed by atoms with E-state index in [1.165, 1.54) is 31.2 Å². The Bertz CT molecular complexity index is 920. The lowest BCUT2D eigenvalue weighted by atomic mass is 9.95. The van der Waals surface area contributed by atoms with Crippen LogP contribution in [-0.4, -0.2) is 41.0 Å². The molecule has 134 valence electrons. The van der Waals surface area contributed by atoms with Crippen molar-refractivity contribution < 1.29 is 24.5 Å². The largest absolute Gasteiger partial charge is 0.507 e. The zero-order valence-electron chi connectivity index (χ0n) is 14.1. The number of carbonyl (C=O) groups is 2. The van der Waals surface area contributed by atoms with Crippen molar-refractivity contribution in [2.24, 2.45) is 0 Å². The van der Waals surface area contributed by atoms with Crippen LogP contribution in [0, 0.1) is 0 Å². The van der Waals surface area contributed by atoms with E-state index < -0.39 is 17.7 Å². The van der Waals surface area contributed by atoms with E-state index in [0.717, 1.165) is 0 Å². The molecule has 6 nitrogen and oxygen atoms in total. The number of phenols is 1. The summed E-state index contributed by atoms with van der Waals surface area (Å²) in [4.78, 5) is 26.0. The third-order valence-electron chi connectivity index (χ3n) is 4.31. The molecule has 2 N–H and O–H groups in total. The number of aliphatic hydroxyl groups excluding tert-OH is 1. The van der Waals surface area contributed by atoms with Crippen molar-refractivity contribution in [2.45, 2.75) is 6.04 Å². The second kappa shape index (κ2) is 6.72. The molecule has 26 heavy (non-hydrogen) atoms. The molecular formula is C19H16ClNO5. The first kappa shape index (κ1) is 17.8. The fraction of sp³-hybridized carbons (Fsp3) is 0.158. The lowest BCUT2D eigenvalue weighted by Gasteiger charge is -2.21. The van der Waals surface area contributed by atoms with Crippen LogP contribution in [0.25, 0.3) is 5.76 Å². The van der Waals surface area contributed by atoms with Gasteiger partial charge in [-0.15, -0.1) is 0 Å². The van der Waals surface area contributed by atoms with Crippen molar-refractivity contribution in [1.29, 1.82) is 0 Å². The third-order valence-corrected chi connectivity index (χ3v) is 4.56. The highest BCUT2D eigenvalue weighted by atomic mass is 35.5. The Balaban J connectivity index is 2.18. The molecule has 1 unspecified atom stereocenters. The zero-order valence-corrected chi connectivity index (χ0v) is 14.8. The molecule has 1 aliphatic heterocycles. The number of aliphatic hydroxyl groups is 1. The minimum atomic E-state index is -0.805. The maximum absolute atomic E-state index is 12.5. The number of methoxy groups -OCH3 is 1. The van der Waals surface area contributed by atoms with Crippen molar-refractivity contribution in [2.75, 3.05) is 14.2 Å². The molecule has 1 saturated heterocycles. The molecule has 0 radical (unpaired) electrons. The van der Waals surface area contributed by atoms with Crippen LogP contribution < -0.4 is 4.74 Å². The summed E-state index contributed by atoms with van der Waals surface area (Å²) in [6.45, 7) is 0. The molecule has 0 bridgehead atoms. The summed E-state index contributed by atoms with van der Waals surface area (Å²) < 4.78 is 5.10. The SMILES string of the molecule is COc1cc(C2/C(=C(/O)c3ccc(Cl)cc3)C(=O)C(=O)N2C)ccc1O. The number of carbonyl (C=O) groups excluding carboxylic acids is 2. The molecule has 0 aliphatic carbocycles. The van der Waals surface area contributed by atoms with Gasteiger partial charge >= 0.3 is 0 Å². The van der Waals surface area contributed by atoms with E-state index in [9.17, 15) is 19.8 Å². The van der Waals surface area contributed by atoms with Gasteiger partial charge < -0.3 is 19.8 Å². The molecule has 7 heteroatoms. The normalized spacial score (nSPS) is 19.0. The first-order valence-electron chi connectivity index (χ1n) is 7.72. The molecule has 3 rings (SSSR count). The van der Waals surface area contributed by atoms with Crippen LogP contribution in [0.15, 0.2) is 48.0 Å². The predicted octanol–water partition coefficient (Wildman–Crippen LogP) is 3.11. The first-order valence-corrected chi connectivity index (χ1v) is 8.10. The minimum absolute atomic E-state index is 0.0347. The van der Waals surface area contributed by atoms with Crippen LogP contribution >= 0.6 is 11.6 Å². The van der Waals surface area contributed by atoms with E-state index in [-0.39, 0.29) is 22.8 Å². The van der Waals surface area contributed by atoms with E-state index in [0.29, 0.717) is 16.1 Å². The summed E-state index contributed by atoms with van der Waals surface area (Å²) >= 11 is 5.86. The lowest BCUT2D eigenvalue weighted by molar-refractivity contribution is -0.139. The minimum Gasteiger partial charge on any atom is -0.507 e. The summed E-state index contributed by atoms with van der Waals surface area (Å²) in [7, 11) is 2.88. The number of hydrogen-bond donors (Lipinski definition) is 2. The van der Waals surface area contributed by atoms with Crippen LogP contribution in [0.1, 0.15) is 17.2 Å². The lowest BCUT2D eigenvalue weighted by Crippen LogP contribution is -2.24. The molecule has 1 amide bonds. The molecule has 1 fully saturated rings. The Kier molecular flexibility index (Phi) is 4.61. The number of Topliss-reactive ketones (excluding diaryl/α,β-unsaturated/α-hetero) is 1. The first-order chi connectivity index (χ1) is 12.3. The van der Waals surface area contributed by atoms with Crippen LogP contribution in [0.2, 0.25) is 5.02 Å². The Morgan fingerprint density at radius 2 is 1.81 bits per heavy atom. The number of benzene rings is 2. The van der Waals surface area contributed by atoms with Crippen molar-refractivity contribution in [1.82, 2.24) is 4.90 Å². The number of halogens is 1. The average Bonchev–Trinajstić information content (AvgIpc) is 2.86. The van der Waals surface area contributed by atoms with Gasteiger partial charge in [-0.2, -0.15) is 0 Å². The van der Waals surface area contributed by atoms with E-state index in [2.05, 4.69) is 0 Å². The molecule has 2 aromatic carbocycles. The average molecular weight is 374 g/mol. The molecule has 1 atom stereocenters. The number of likely N-dealkylation sites (tertiary alicyclic amines) is 1. The number of hydrogen-bond acceptors (Lipinski definition) is 5. The Hall–Kier alpha value is -2.99. The number of nitrogens with zero attached hydrogens (tertiary/aromatic N) is 1. The number of ether oxygens (including phenoxy) is 1. The van der Waals surface area contributed by atoms with Gasteiger partial charge in [-0.3, -0.25) is 9.59 Å². The van der Waals surface area contributed by atoms with Gasteiger partial charge in [0.1, 0.15) is 5.76 Å². The number of phenolic OH excluding ortho intramolecular Hbond substituents is 1. The topological polar surface area (TPSA) is 87.1 Å². The number of rotatable bonds is 3. The maximum Gasteiger partial charge on any atom is 0.295 e. The number of amides is 1. The third kappa shape index (κ3) is 2.88. The van der Waals surface area contributed by atoms with E-state index in [1.807, 2.05) is 0 Å². The molecule has 0 spiro atoms. The summed E-state index contributed by atoms with van der Waals surface area (Å²) in [5, 5.41) is 21.0. The Morgan fingerprint density at radius 1 is 1.15 bits per heavy atom. The fourth-order valence-corrected chi connectivity index (χ4v) is 3.09. The monoisotopic (exact) mass is 373 g/mol. The van der Waals surface area contributed by atoms with Gasteiger partial charge in [-0.1, -0.05) is 17.7 Å². The standard InChI is InChI=1S/C19H16ClNO5/c1-21-16(11-5-8-13(22)14(9-11)26-2)15(18(24)19(21)25)17(23)10-3-6-12(20)7-4-10/h3-9,16,22-23H,1-2H3/b17-15-. The maximum atomic E-state index is 12.5. The van der Waals surface area contributed by atoms with Gasteiger partial charge in [0.05, 0.1) is 18.7 Å². The van der Waals surface area contributed by atoms with Gasteiger partial charge in [0, 0.05) is 17.6 Å². The highest BCUT2D eigenvalue weighted by Gasteiger charge is 2.44. The van der Waals surface area contributed by atoms with Gasteiger partial charge in [-0.05, 0) is 42.0 Å². The molecule has 2 aromatic rings. The van der Waals surface area contributed by atoms with Gasteiger partial charge in [0.15, 0.2) is 11.5 Å². The predicted molar refractivity (Wildman–Crippen MR) is 96.2 cm³/mol. The van der Waals surface area contributed by atoms with Crippen molar-refractivity contribution in [3.8, 4) is 11.5 Å². The highest BCUT2D eigenvalue weighted by Crippen LogP contribution is 2.40. The molecule has 1 heterocycles. The van der Waals surface area contributed by atoms with Gasteiger partial charge in [-0.25, -0.2) is 0 Å². The summed E-state index contributed by atoms with van der Waals surface area (Å²) in [5.74, 6) is -1.66. The molecule has 0 saturated carbocycles.